The van der Waals surface area contributed by atoms with Crippen LogP contribution in [0.1, 0.15) is 58.8 Å². The Morgan fingerprint density at radius 2 is 1.62 bits per heavy atom. The fourth-order valence-electron chi connectivity index (χ4n) is 5.90. The van der Waals surface area contributed by atoms with Gasteiger partial charge in [-0.15, -0.1) is 0 Å². The van der Waals surface area contributed by atoms with Crippen molar-refractivity contribution in [2.45, 2.75) is 90.0 Å². The van der Waals surface area contributed by atoms with Gasteiger partial charge in [0.15, 0.2) is 19.8 Å². The summed E-state index contributed by atoms with van der Waals surface area (Å²) in [7, 11) is -3.46. The molecule has 7 nitrogen and oxygen atoms in total. The van der Waals surface area contributed by atoms with Crippen molar-refractivity contribution in [3.05, 3.63) is 28.8 Å². The van der Waals surface area contributed by atoms with Gasteiger partial charge in [-0.2, -0.15) is 0 Å². The molecule has 1 N–H and O–H groups in total. The van der Waals surface area contributed by atoms with E-state index in [0.29, 0.717) is 34.7 Å². The highest BCUT2D eigenvalue weighted by molar-refractivity contribution is 6.77. The Balaban J connectivity index is 1.95. The van der Waals surface area contributed by atoms with E-state index in [9.17, 15) is 9.90 Å². The third-order valence-corrected chi connectivity index (χ3v) is 15.5. The summed E-state index contributed by atoms with van der Waals surface area (Å²) in [5.41, 5.74) is 3.10. The molecule has 0 amide bonds. The Bertz CT molecular complexity index is 960. The Kier molecular flexibility index (Phi) is 9.72. The lowest BCUT2D eigenvalue weighted by atomic mass is 9.81. The third kappa shape index (κ3) is 6.68. The van der Waals surface area contributed by atoms with E-state index in [-0.39, 0.29) is 25.8 Å². The highest BCUT2D eigenvalue weighted by Crippen LogP contribution is 2.48. The van der Waals surface area contributed by atoms with Crippen LogP contribution in [-0.4, -0.2) is 54.3 Å². The Morgan fingerprint density at radius 1 is 1.03 bits per heavy atom. The molecule has 1 aromatic carbocycles. The third-order valence-electron chi connectivity index (χ3n) is 7.75. The van der Waals surface area contributed by atoms with E-state index in [1.54, 1.807) is 6.08 Å². The van der Waals surface area contributed by atoms with Gasteiger partial charge < -0.3 is 28.5 Å². The van der Waals surface area contributed by atoms with Gasteiger partial charge >= 0.3 is 5.97 Å². The van der Waals surface area contributed by atoms with Crippen molar-refractivity contribution in [1.29, 1.82) is 0 Å². The van der Waals surface area contributed by atoms with Gasteiger partial charge in [0, 0.05) is 32.8 Å². The molecule has 0 fully saturated rings. The minimum atomic E-state index is -2.23. The van der Waals surface area contributed by atoms with E-state index >= 15 is 0 Å². The SMILES string of the molecule is CC(C)[Si](OCC1C(C(=O)O)=Cc2cc3c(cc2C1OCOCC[Si](C)(C)C)OCO3)(C(C)C)C(C)C. The number of carboxylic acid groups (broad SMARTS) is 1. The largest absolute Gasteiger partial charge is 0.478 e. The molecule has 0 saturated carbocycles. The number of carbonyl (C=O) groups is 1. The maximum Gasteiger partial charge on any atom is 0.332 e. The summed E-state index contributed by atoms with van der Waals surface area (Å²) in [5.74, 6) is -0.176. The normalized spacial score (nSPS) is 19.5. The number of hydrogen-bond donors (Lipinski definition) is 1. The molecule has 0 saturated heterocycles. The number of fused-ring (bicyclic) bond motifs is 2. The molecule has 3 rings (SSSR count). The number of benzene rings is 1. The zero-order chi connectivity index (χ0) is 27.5. The van der Waals surface area contributed by atoms with Crippen LogP contribution in [0.2, 0.25) is 42.3 Å². The maximum atomic E-state index is 12.5. The van der Waals surface area contributed by atoms with Crippen LogP contribution in [0.5, 0.6) is 11.5 Å². The Labute approximate surface area is 224 Å². The number of aliphatic carboxylic acids is 1. The first-order valence-corrected chi connectivity index (χ1v) is 19.3. The van der Waals surface area contributed by atoms with Crippen LogP contribution in [0.25, 0.3) is 6.08 Å². The van der Waals surface area contributed by atoms with Crippen molar-refractivity contribution in [1.82, 2.24) is 0 Å². The zero-order valence-electron chi connectivity index (χ0n) is 24.1. The van der Waals surface area contributed by atoms with Crippen molar-refractivity contribution in [2.75, 3.05) is 26.8 Å². The lowest BCUT2D eigenvalue weighted by Crippen LogP contribution is -2.49. The standard InChI is InChI=1S/C28H46O7Si2/c1-18(2)37(19(3)4,20(5)6)35-15-24-23(28(29)30)12-21-13-25-26(33-17-32-25)14-22(21)27(24)34-16-31-10-11-36(7,8)9/h12-14,18-20,24,27H,10-11,15-17H2,1-9H3,(H,29,30). The summed E-state index contributed by atoms with van der Waals surface area (Å²) >= 11 is 0. The predicted octanol–water partition coefficient (Wildman–Crippen LogP) is 7.08. The van der Waals surface area contributed by atoms with Gasteiger partial charge in [0.05, 0.1) is 6.10 Å². The summed E-state index contributed by atoms with van der Waals surface area (Å²) in [4.78, 5) is 12.5. The van der Waals surface area contributed by atoms with Crippen molar-refractivity contribution < 1.29 is 33.3 Å². The van der Waals surface area contributed by atoms with Crippen LogP contribution in [0, 0.1) is 5.92 Å². The summed E-state index contributed by atoms with van der Waals surface area (Å²) in [5, 5.41) is 10.3. The minimum Gasteiger partial charge on any atom is -0.478 e. The summed E-state index contributed by atoms with van der Waals surface area (Å²) in [6.45, 7) is 21.5. The molecule has 0 spiro atoms. The average Bonchev–Trinajstić information content (AvgIpc) is 3.24. The molecule has 0 radical (unpaired) electrons. The highest BCUT2D eigenvalue weighted by Gasteiger charge is 2.47. The van der Waals surface area contributed by atoms with Gasteiger partial charge in [0.1, 0.15) is 6.79 Å². The van der Waals surface area contributed by atoms with Gasteiger partial charge in [-0.25, -0.2) is 4.79 Å². The van der Waals surface area contributed by atoms with Crippen molar-refractivity contribution >= 4 is 28.4 Å². The maximum absolute atomic E-state index is 12.5. The van der Waals surface area contributed by atoms with Crippen LogP contribution in [0.15, 0.2) is 17.7 Å². The summed E-state index contributed by atoms with van der Waals surface area (Å²) < 4.78 is 30.3. The first-order valence-electron chi connectivity index (χ1n) is 13.5. The van der Waals surface area contributed by atoms with Gasteiger partial charge in [0.25, 0.3) is 0 Å². The number of hydrogen-bond acceptors (Lipinski definition) is 6. The second kappa shape index (κ2) is 12.0. The monoisotopic (exact) mass is 550 g/mol. The first-order chi connectivity index (χ1) is 17.3. The fourth-order valence-corrected chi connectivity index (χ4v) is 12.1. The predicted molar refractivity (Wildman–Crippen MR) is 151 cm³/mol. The second-order valence-corrected chi connectivity index (χ2v) is 23.5. The molecule has 208 valence electrons. The van der Waals surface area contributed by atoms with E-state index in [1.807, 2.05) is 12.1 Å². The van der Waals surface area contributed by atoms with Gasteiger partial charge in [-0.05, 0) is 52.0 Å². The topological polar surface area (TPSA) is 83.5 Å². The number of rotatable bonds is 13. The molecule has 0 aromatic heterocycles. The highest BCUT2D eigenvalue weighted by atomic mass is 28.4. The van der Waals surface area contributed by atoms with Crippen molar-refractivity contribution in [2.24, 2.45) is 5.92 Å². The molecule has 1 heterocycles. The minimum absolute atomic E-state index is 0.0908. The molecular formula is C28H46O7Si2. The molecule has 0 bridgehead atoms. The van der Waals surface area contributed by atoms with Crippen LogP contribution >= 0.6 is 0 Å². The Hall–Kier alpha value is -1.66. The first kappa shape index (κ1) is 29.9. The lowest BCUT2D eigenvalue weighted by Gasteiger charge is -2.44. The van der Waals surface area contributed by atoms with Crippen LogP contribution in [-0.2, 0) is 18.7 Å². The molecule has 1 aliphatic carbocycles. The zero-order valence-corrected chi connectivity index (χ0v) is 26.1. The quantitative estimate of drug-likeness (QED) is 0.160. The second-order valence-electron chi connectivity index (χ2n) is 12.4. The van der Waals surface area contributed by atoms with E-state index in [0.717, 1.165) is 17.2 Å². The van der Waals surface area contributed by atoms with E-state index in [2.05, 4.69) is 61.2 Å². The van der Waals surface area contributed by atoms with E-state index in [4.69, 9.17) is 23.4 Å². The van der Waals surface area contributed by atoms with Gasteiger partial charge in [-0.1, -0.05) is 61.2 Å². The molecule has 2 aliphatic rings. The molecule has 1 aliphatic heterocycles. The molecule has 2 unspecified atom stereocenters. The lowest BCUT2D eigenvalue weighted by molar-refractivity contribution is -0.136. The smallest absolute Gasteiger partial charge is 0.332 e. The molecule has 37 heavy (non-hydrogen) atoms. The summed E-state index contributed by atoms with van der Waals surface area (Å²) in [6.07, 6.45) is 1.20. The average molecular weight is 551 g/mol. The van der Waals surface area contributed by atoms with Crippen molar-refractivity contribution in [3.8, 4) is 11.5 Å². The molecule has 1 aromatic rings. The fraction of sp³-hybridized carbons (Fsp3) is 0.679. The van der Waals surface area contributed by atoms with Gasteiger partial charge in [-0.3, -0.25) is 0 Å². The van der Waals surface area contributed by atoms with Gasteiger partial charge in [0.2, 0.25) is 6.79 Å². The van der Waals surface area contributed by atoms with Crippen LogP contribution in [0.3, 0.4) is 0 Å². The van der Waals surface area contributed by atoms with Crippen molar-refractivity contribution in [3.63, 3.8) is 0 Å². The summed E-state index contributed by atoms with van der Waals surface area (Å²) in [6, 6.07) is 4.80. The molecule has 2 atom stereocenters. The Morgan fingerprint density at radius 3 is 2.16 bits per heavy atom. The van der Waals surface area contributed by atoms with E-state index in [1.165, 1.54) is 0 Å². The van der Waals surface area contributed by atoms with Crippen LogP contribution in [0.4, 0.5) is 0 Å². The number of ether oxygens (including phenoxy) is 4. The van der Waals surface area contributed by atoms with Crippen LogP contribution < -0.4 is 9.47 Å². The van der Waals surface area contributed by atoms with E-state index < -0.39 is 34.4 Å². The molecular weight excluding hydrogens is 504 g/mol. The molecule has 9 heteroatoms. The number of carboxylic acids is 1.